The maximum atomic E-state index is 11.6. The monoisotopic (exact) mass is 325 g/mol. The summed E-state index contributed by atoms with van der Waals surface area (Å²) in [6.45, 7) is 1.67. The van der Waals surface area contributed by atoms with Gasteiger partial charge in [0, 0.05) is 16.0 Å². The molecule has 1 heterocycles. The molecule has 2 aromatic rings. The van der Waals surface area contributed by atoms with E-state index in [-0.39, 0.29) is 17.4 Å². The van der Waals surface area contributed by atoms with Gasteiger partial charge >= 0.3 is 0 Å². The Morgan fingerprint density at radius 2 is 2.00 bits per heavy atom. The lowest BCUT2D eigenvalue weighted by atomic mass is 10.4. The number of nitrogens with zero attached hydrogens (tertiary/aromatic N) is 1. The van der Waals surface area contributed by atoms with Crippen molar-refractivity contribution in [3.05, 3.63) is 46.8 Å². The number of hydrogen-bond acceptors (Lipinski definition) is 5. The van der Waals surface area contributed by atoms with Crippen LogP contribution in [0.3, 0.4) is 0 Å². The number of carbonyl (C=O) groups excluding carboxylic acids is 2. The van der Waals surface area contributed by atoms with Crippen molar-refractivity contribution in [3.8, 4) is 0 Å². The zero-order valence-electron chi connectivity index (χ0n) is 11.1. The minimum Gasteiger partial charge on any atom is -0.361 e. The molecule has 0 fully saturated rings. The average Bonchev–Trinajstić information content (AvgIpc) is 2.91. The van der Waals surface area contributed by atoms with Crippen LogP contribution < -0.4 is 10.9 Å². The first-order chi connectivity index (χ1) is 10.0. The predicted molar refractivity (Wildman–Crippen MR) is 79.0 cm³/mol. The minimum atomic E-state index is -0.531. The van der Waals surface area contributed by atoms with E-state index in [9.17, 15) is 9.59 Å². The normalized spacial score (nSPS) is 10.2. The summed E-state index contributed by atoms with van der Waals surface area (Å²) >= 11 is 7.10. The molecule has 0 bridgehead atoms. The maximum absolute atomic E-state index is 11.6. The third kappa shape index (κ3) is 4.80. The summed E-state index contributed by atoms with van der Waals surface area (Å²) in [6, 6.07) is 8.60. The van der Waals surface area contributed by atoms with Gasteiger partial charge in [-0.2, -0.15) is 0 Å². The molecule has 0 aliphatic heterocycles. The lowest BCUT2D eigenvalue weighted by Crippen LogP contribution is -2.42. The smallest absolute Gasteiger partial charge is 0.291 e. The number of hydrogen-bond donors (Lipinski definition) is 2. The number of rotatable bonds is 4. The number of aromatic nitrogens is 1. The molecule has 0 saturated carbocycles. The predicted octanol–water partition coefficient (Wildman–Crippen LogP) is 2.19. The highest BCUT2D eigenvalue weighted by Gasteiger charge is 2.11. The van der Waals surface area contributed by atoms with Gasteiger partial charge in [0.15, 0.2) is 5.69 Å². The molecule has 6 nitrogen and oxygen atoms in total. The average molecular weight is 326 g/mol. The number of amides is 2. The molecule has 8 heteroatoms. The third-order valence-electron chi connectivity index (χ3n) is 2.36. The fourth-order valence-electron chi connectivity index (χ4n) is 1.38. The number of halogens is 1. The van der Waals surface area contributed by atoms with Crippen LogP contribution in [-0.2, 0) is 4.79 Å². The SMILES string of the molecule is Cc1cc(C(=O)NNC(=O)CSc2ccc(Cl)cc2)no1. The molecule has 2 amide bonds. The van der Waals surface area contributed by atoms with E-state index >= 15 is 0 Å². The number of carbonyl (C=O) groups is 2. The van der Waals surface area contributed by atoms with E-state index in [2.05, 4.69) is 16.0 Å². The molecular weight excluding hydrogens is 314 g/mol. The second kappa shape index (κ2) is 7.14. The molecule has 21 heavy (non-hydrogen) atoms. The van der Waals surface area contributed by atoms with E-state index in [0.717, 1.165) is 4.90 Å². The molecule has 2 N–H and O–H groups in total. The second-order valence-electron chi connectivity index (χ2n) is 4.07. The number of thioether (sulfide) groups is 1. The van der Waals surface area contributed by atoms with Crippen molar-refractivity contribution in [1.82, 2.24) is 16.0 Å². The quantitative estimate of drug-likeness (QED) is 0.665. The summed E-state index contributed by atoms with van der Waals surface area (Å²) < 4.78 is 4.77. The lowest BCUT2D eigenvalue weighted by molar-refractivity contribution is -0.119. The van der Waals surface area contributed by atoms with Crippen LogP contribution in [0.2, 0.25) is 5.02 Å². The number of aryl methyl sites for hydroxylation is 1. The second-order valence-corrected chi connectivity index (χ2v) is 5.55. The zero-order valence-corrected chi connectivity index (χ0v) is 12.6. The summed E-state index contributed by atoms with van der Waals surface area (Å²) in [5.74, 6) is -0.176. The van der Waals surface area contributed by atoms with Crippen molar-refractivity contribution in [2.24, 2.45) is 0 Å². The molecule has 1 aromatic carbocycles. The van der Waals surface area contributed by atoms with Crippen LogP contribution in [0.1, 0.15) is 16.2 Å². The Balaban J connectivity index is 1.74. The molecular formula is C13H12ClN3O3S. The Kier molecular flexibility index (Phi) is 5.24. The number of nitrogens with one attached hydrogen (secondary N) is 2. The van der Waals surface area contributed by atoms with Gasteiger partial charge in [0.2, 0.25) is 5.91 Å². The topological polar surface area (TPSA) is 84.2 Å². The Labute approximate surface area is 130 Å². The Hall–Kier alpha value is -1.99. The number of hydrazine groups is 1. The van der Waals surface area contributed by atoms with Crippen LogP contribution in [0.25, 0.3) is 0 Å². The fourth-order valence-corrected chi connectivity index (χ4v) is 2.20. The van der Waals surface area contributed by atoms with Gasteiger partial charge in [-0.3, -0.25) is 20.4 Å². The summed E-state index contributed by atoms with van der Waals surface area (Å²) in [5.41, 5.74) is 4.68. The molecule has 2 rings (SSSR count). The van der Waals surface area contributed by atoms with Gasteiger partial charge in [-0.05, 0) is 31.2 Å². The molecule has 0 atom stereocenters. The lowest BCUT2D eigenvalue weighted by Gasteiger charge is -2.05. The van der Waals surface area contributed by atoms with Gasteiger partial charge in [-0.15, -0.1) is 11.8 Å². The minimum absolute atomic E-state index is 0.109. The third-order valence-corrected chi connectivity index (χ3v) is 3.62. The Bertz CT molecular complexity index is 642. The molecule has 0 aliphatic carbocycles. The van der Waals surface area contributed by atoms with Crippen molar-refractivity contribution >= 4 is 35.2 Å². The van der Waals surface area contributed by atoms with Crippen LogP contribution >= 0.6 is 23.4 Å². The summed E-state index contributed by atoms with van der Waals surface area (Å²) in [5, 5.41) is 4.18. The maximum Gasteiger partial charge on any atom is 0.291 e. The van der Waals surface area contributed by atoms with Crippen LogP contribution in [0, 0.1) is 6.92 Å². The van der Waals surface area contributed by atoms with Gasteiger partial charge in [-0.1, -0.05) is 16.8 Å². The standard InChI is InChI=1S/C13H12ClN3O3S/c1-8-6-11(17-20-8)13(19)16-15-12(18)7-21-10-4-2-9(14)3-5-10/h2-6H,7H2,1H3,(H,15,18)(H,16,19). The Morgan fingerprint density at radius 1 is 1.29 bits per heavy atom. The van der Waals surface area contributed by atoms with E-state index in [1.807, 2.05) is 12.1 Å². The van der Waals surface area contributed by atoms with Gasteiger partial charge < -0.3 is 4.52 Å². The summed E-state index contributed by atoms with van der Waals surface area (Å²) in [6.07, 6.45) is 0. The van der Waals surface area contributed by atoms with Crippen molar-refractivity contribution in [2.75, 3.05) is 5.75 Å². The molecule has 0 spiro atoms. The summed E-state index contributed by atoms with van der Waals surface area (Å²) in [4.78, 5) is 24.1. The van der Waals surface area contributed by atoms with E-state index in [0.29, 0.717) is 10.8 Å². The van der Waals surface area contributed by atoms with E-state index in [1.54, 1.807) is 19.1 Å². The Morgan fingerprint density at radius 3 is 2.62 bits per heavy atom. The van der Waals surface area contributed by atoms with Crippen molar-refractivity contribution < 1.29 is 14.1 Å². The van der Waals surface area contributed by atoms with Crippen molar-refractivity contribution in [3.63, 3.8) is 0 Å². The van der Waals surface area contributed by atoms with E-state index in [4.69, 9.17) is 16.1 Å². The first kappa shape index (κ1) is 15.4. The van der Waals surface area contributed by atoms with E-state index < -0.39 is 5.91 Å². The molecule has 0 unspecified atom stereocenters. The summed E-state index contributed by atoms with van der Waals surface area (Å²) in [7, 11) is 0. The molecule has 110 valence electrons. The number of benzene rings is 1. The van der Waals surface area contributed by atoms with Crippen LogP contribution in [0.15, 0.2) is 39.8 Å². The highest BCUT2D eigenvalue weighted by atomic mass is 35.5. The first-order valence-electron chi connectivity index (χ1n) is 5.95. The van der Waals surface area contributed by atoms with Gasteiger partial charge in [0.25, 0.3) is 5.91 Å². The van der Waals surface area contributed by atoms with Crippen LogP contribution in [0.4, 0.5) is 0 Å². The van der Waals surface area contributed by atoms with Crippen molar-refractivity contribution in [1.29, 1.82) is 0 Å². The van der Waals surface area contributed by atoms with Crippen LogP contribution in [-0.4, -0.2) is 22.7 Å². The van der Waals surface area contributed by atoms with Gasteiger partial charge in [0.05, 0.1) is 5.75 Å². The zero-order chi connectivity index (χ0) is 15.2. The largest absolute Gasteiger partial charge is 0.361 e. The van der Waals surface area contributed by atoms with Gasteiger partial charge in [0.1, 0.15) is 5.76 Å². The molecule has 0 radical (unpaired) electrons. The molecule has 0 aliphatic rings. The molecule has 0 saturated heterocycles. The van der Waals surface area contributed by atoms with Gasteiger partial charge in [-0.25, -0.2) is 0 Å². The van der Waals surface area contributed by atoms with Crippen LogP contribution in [0.5, 0.6) is 0 Å². The molecule has 1 aromatic heterocycles. The van der Waals surface area contributed by atoms with Crippen molar-refractivity contribution in [2.45, 2.75) is 11.8 Å². The fraction of sp³-hybridized carbons (Fsp3) is 0.154. The highest BCUT2D eigenvalue weighted by molar-refractivity contribution is 8.00. The highest BCUT2D eigenvalue weighted by Crippen LogP contribution is 2.19. The van der Waals surface area contributed by atoms with E-state index in [1.165, 1.54) is 17.8 Å². The first-order valence-corrected chi connectivity index (χ1v) is 7.32.